The van der Waals surface area contributed by atoms with Gasteiger partial charge in [0.15, 0.2) is 0 Å². The average molecular weight is 283 g/mol. The molecule has 0 bridgehead atoms. The van der Waals surface area contributed by atoms with Crippen molar-refractivity contribution in [3.63, 3.8) is 0 Å². The van der Waals surface area contributed by atoms with Gasteiger partial charge in [-0.1, -0.05) is 41.5 Å². The van der Waals surface area contributed by atoms with Crippen LogP contribution in [0.15, 0.2) is 0 Å². The monoisotopic (exact) mass is 282 g/mol. The average Bonchev–Trinajstić information content (AvgIpc) is 2.31. The number of nitrogens with one attached hydrogen (secondary N) is 1. The fourth-order valence-corrected chi connectivity index (χ4v) is 3.82. The van der Waals surface area contributed by atoms with Gasteiger partial charge in [-0.15, -0.1) is 0 Å². The summed E-state index contributed by atoms with van der Waals surface area (Å²) < 4.78 is 0. The molecule has 0 saturated heterocycles. The van der Waals surface area contributed by atoms with Gasteiger partial charge in [0.05, 0.1) is 0 Å². The van der Waals surface area contributed by atoms with Crippen LogP contribution < -0.4 is 5.32 Å². The predicted octanol–water partition coefficient (Wildman–Crippen LogP) is 4.01. The normalized spacial score (nSPS) is 27.8. The molecule has 0 heterocycles. The van der Waals surface area contributed by atoms with Gasteiger partial charge in [0.2, 0.25) is 0 Å². The van der Waals surface area contributed by atoms with E-state index in [2.05, 4.69) is 51.8 Å². The van der Waals surface area contributed by atoms with E-state index in [1.54, 1.807) is 0 Å². The second-order valence-corrected chi connectivity index (χ2v) is 7.85. The molecule has 0 aromatic carbocycles. The largest absolute Gasteiger partial charge is 0.314 e. The fraction of sp³-hybridized carbons (Fsp3) is 1.00. The Hall–Kier alpha value is -0.0800. The minimum absolute atomic E-state index is 0.748. The second-order valence-electron chi connectivity index (χ2n) is 7.85. The lowest BCUT2D eigenvalue weighted by Crippen LogP contribution is -2.46. The molecule has 2 heteroatoms. The summed E-state index contributed by atoms with van der Waals surface area (Å²) in [5.41, 5.74) is 0. The van der Waals surface area contributed by atoms with Crippen LogP contribution in [0, 0.1) is 23.7 Å². The summed E-state index contributed by atoms with van der Waals surface area (Å²) in [5, 5.41) is 3.74. The first-order valence-electron chi connectivity index (χ1n) is 8.88. The maximum atomic E-state index is 3.74. The van der Waals surface area contributed by atoms with Crippen molar-refractivity contribution in [1.82, 2.24) is 10.2 Å². The lowest BCUT2D eigenvalue weighted by atomic mass is 9.78. The van der Waals surface area contributed by atoms with E-state index in [4.69, 9.17) is 0 Å². The topological polar surface area (TPSA) is 15.3 Å². The highest BCUT2D eigenvalue weighted by atomic mass is 15.1. The quantitative estimate of drug-likeness (QED) is 0.723. The van der Waals surface area contributed by atoms with E-state index in [1.165, 1.54) is 38.9 Å². The van der Waals surface area contributed by atoms with Crippen LogP contribution in [-0.2, 0) is 0 Å². The lowest BCUT2D eigenvalue weighted by Gasteiger charge is -2.39. The summed E-state index contributed by atoms with van der Waals surface area (Å²) in [6, 6.07) is 0.748. The van der Waals surface area contributed by atoms with Crippen molar-refractivity contribution in [3.8, 4) is 0 Å². The van der Waals surface area contributed by atoms with Crippen molar-refractivity contribution in [2.45, 2.75) is 66.8 Å². The highest BCUT2D eigenvalue weighted by Crippen LogP contribution is 2.30. The smallest absolute Gasteiger partial charge is 0.0108 e. The van der Waals surface area contributed by atoms with Crippen LogP contribution in [0.4, 0.5) is 0 Å². The van der Waals surface area contributed by atoms with Crippen LogP contribution in [-0.4, -0.2) is 37.1 Å². The van der Waals surface area contributed by atoms with Gasteiger partial charge < -0.3 is 10.2 Å². The molecule has 3 atom stereocenters. The third kappa shape index (κ3) is 6.58. The third-order valence-electron chi connectivity index (χ3n) is 4.45. The Labute approximate surface area is 127 Å². The number of hydrogen-bond acceptors (Lipinski definition) is 2. The van der Waals surface area contributed by atoms with Crippen LogP contribution in [0.1, 0.15) is 60.8 Å². The molecular weight excluding hydrogens is 244 g/mol. The molecule has 0 spiro atoms. The van der Waals surface area contributed by atoms with Gasteiger partial charge in [-0.05, 0) is 49.5 Å². The van der Waals surface area contributed by atoms with Gasteiger partial charge in [-0.25, -0.2) is 0 Å². The molecule has 0 radical (unpaired) electrons. The van der Waals surface area contributed by atoms with Crippen molar-refractivity contribution >= 4 is 0 Å². The zero-order valence-electron chi connectivity index (χ0n) is 14.8. The maximum Gasteiger partial charge on any atom is 0.0108 e. The van der Waals surface area contributed by atoms with E-state index in [9.17, 15) is 0 Å². The molecule has 120 valence electrons. The van der Waals surface area contributed by atoms with Crippen molar-refractivity contribution in [1.29, 1.82) is 0 Å². The van der Waals surface area contributed by atoms with Crippen molar-refractivity contribution in [3.05, 3.63) is 0 Å². The first-order chi connectivity index (χ1) is 9.42. The van der Waals surface area contributed by atoms with Gasteiger partial charge >= 0.3 is 0 Å². The fourth-order valence-electron chi connectivity index (χ4n) is 3.82. The molecule has 0 aromatic rings. The minimum Gasteiger partial charge on any atom is -0.314 e. The molecule has 0 amide bonds. The summed E-state index contributed by atoms with van der Waals surface area (Å²) in [7, 11) is 0. The van der Waals surface area contributed by atoms with Gasteiger partial charge in [-0.3, -0.25) is 0 Å². The predicted molar refractivity (Wildman–Crippen MR) is 90.1 cm³/mol. The zero-order chi connectivity index (χ0) is 15.1. The Balaban J connectivity index is 2.61. The Morgan fingerprint density at radius 2 is 1.65 bits per heavy atom. The van der Waals surface area contributed by atoms with E-state index < -0.39 is 0 Å². The zero-order valence-corrected chi connectivity index (χ0v) is 14.8. The van der Waals surface area contributed by atoms with Crippen LogP contribution in [0.3, 0.4) is 0 Å². The third-order valence-corrected chi connectivity index (χ3v) is 4.45. The molecule has 20 heavy (non-hydrogen) atoms. The molecule has 1 N–H and O–H groups in total. The molecule has 2 nitrogen and oxygen atoms in total. The van der Waals surface area contributed by atoms with E-state index in [1.807, 2.05) is 0 Å². The van der Waals surface area contributed by atoms with Crippen molar-refractivity contribution in [2.75, 3.05) is 26.2 Å². The molecule has 0 aromatic heterocycles. The Morgan fingerprint density at radius 1 is 1.05 bits per heavy atom. The summed E-state index contributed by atoms with van der Waals surface area (Å²) in [5.74, 6) is 3.30. The van der Waals surface area contributed by atoms with E-state index in [0.29, 0.717) is 0 Å². The first kappa shape index (κ1) is 18.0. The molecule has 0 aliphatic heterocycles. The summed E-state index contributed by atoms with van der Waals surface area (Å²) in [4.78, 5) is 2.72. The SMILES string of the molecule is CCNC1CCC(C)CC1CN(CC(C)C)CC(C)C. The lowest BCUT2D eigenvalue weighted by molar-refractivity contribution is 0.127. The summed E-state index contributed by atoms with van der Waals surface area (Å²) >= 11 is 0. The van der Waals surface area contributed by atoms with Gasteiger partial charge in [0.25, 0.3) is 0 Å². The standard InChI is InChI=1S/C18H38N2/c1-7-19-18-9-8-16(6)10-17(18)13-20(11-14(2)3)12-15(4)5/h14-19H,7-13H2,1-6H3. The van der Waals surface area contributed by atoms with Gasteiger partial charge in [0, 0.05) is 25.7 Å². The number of hydrogen-bond donors (Lipinski definition) is 1. The molecule has 1 rings (SSSR count). The Kier molecular flexibility index (Phi) is 8.13. The first-order valence-corrected chi connectivity index (χ1v) is 8.88. The molecular formula is C18H38N2. The number of nitrogens with zero attached hydrogens (tertiary/aromatic N) is 1. The number of rotatable bonds is 8. The molecule has 1 fully saturated rings. The van der Waals surface area contributed by atoms with Gasteiger partial charge in [-0.2, -0.15) is 0 Å². The van der Waals surface area contributed by atoms with Gasteiger partial charge in [0.1, 0.15) is 0 Å². The summed E-state index contributed by atoms with van der Waals surface area (Å²) in [6.45, 7) is 19.0. The van der Waals surface area contributed by atoms with Crippen LogP contribution >= 0.6 is 0 Å². The second kappa shape index (κ2) is 9.04. The minimum atomic E-state index is 0.748. The molecule has 1 saturated carbocycles. The van der Waals surface area contributed by atoms with E-state index in [0.717, 1.165) is 36.3 Å². The molecule has 3 unspecified atom stereocenters. The van der Waals surface area contributed by atoms with Crippen LogP contribution in [0.25, 0.3) is 0 Å². The van der Waals surface area contributed by atoms with Crippen molar-refractivity contribution in [2.24, 2.45) is 23.7 Å². The Morgan fingerprint density at radius 3 is 2.15 bits per heavy atom. The summed E-state index contributed by atoms with van der Waals surface area (Å²) in [6.07, 6.45) is 4.18. The maximum absolute atomic E-state index is 3.74. The van der Waals surface area contributed by atoms with Crippen molar-refractivity contribution < 1.29 is 0 Å². The van der Waals surface area contributed by atoms with Crippen LogP contribution in [0.2, 0.25) is 0 Å². The van der Waals surface area contributed by atoms with E-state index in [-0.39, 0.29) is 0 Å². The molecule has 1 aliphatic carbocycles. The highest BCUT2D eigenvalue weighted by Gasteiger charge is 2.29. The Bertz CT molecular complexity index is 240. The van der Waals surface area contributed by atoms with Crippen LogP contribution in [0.5, 0.6) is 0 Å². The molecule has 1 aliphatic rings. The van der Waals surface area contributed by atoms with E-state index >= 15 is 0 Å². The highest BCUT2D eigenvalue weighted by molar-refractivity contribution is 4.85.